The molecule has 0 radical (unpaired) electrons. The molecule has 3 unspecified atom stereocenters. The van der Waals surface area contributed by atoms with E-state index < -0.39 is 0 Å². The van der Waals surface area contributed by atoms with Gasteiger partial charge in [0.1, 0.15) is 0 Å². The fourth-order valence-corrected chi connectivity index (χ4v) is 3.12. The standard InChI is InChI=1S/C15H32N2/c1-11(2)15(8-16-12(3)4)17-9-13(5)7-14(6)10-17/h11-16H,7-10H2,1-6H3. The minimum atomic E-state index is 0.593. The zero-order valence-corrected chi connectivity index (χ0v) is 12.7. The van der Waals surface area contributed by atoms with Gasteiger partial charge in [-0.05, 0) is 24.2 Å². The maximum atomic E-state index is 3.61. The second kappa shape index (κ2) is 6.75. The normalized spacial score (nSPS) is 28.9. The Balaban J connectivity index is 2.56. The SMILES string of the molecule is CC1CC(C)CN(C(CNC(C)C)C(C)C)C1. The zero-order chi connectivity index (χ0) is 13.0. The average molecular weight is 240 g/mol. The van der Waals surface area contributed by atoms with Crippen LogP contribution in [0.5, 0.6) is 0 Å². The summed E-state index contributed by atoms with van der Waals surface area (Å²) in [5.41, 5.74) is 0. The molecule has 0 saturated carbocycles. The van der Waals surface area contributed by atoms with Crippen molar-refractivity contribution in [2.75, 3.05) is 19.6 Å². The third-order valence-electron chi connectivity index (χ3n) is 3.87. The molecular weight excluding hydrogens is 208 g/mol. The minimum absolute atomic E-state index is 0.593. The van der Waals surface area contributed by atoms with Gasteiger partial charge in [0.25, 0.3) is 0 Å². The Bertz CT molecular complexity index is 203. The zero-order valence-electron chi connectivity index (χ0n) is 12.7. The van der Waals surface area contributed by atoms with E-state index >= 15 is 0 Å². The van der Waals surface area contributed by atoms with Crippen molar-refractivity contribution in [3.63, 3.8) is 0 Å². The van der Waals surface area contributed by atoms with Crippen LogP contribution in [-0.4, -0.2) is 36.6 Å². The predicted octanol–water partition coefficient (Wildman–Crippen LogP) is 2.99. The first-order valence-electron chi connectivity index (χ1n) is 7.37. The van der Waals surface area contributed by atoms with E-state index in [9.17, 15) is 0 Å². The largest absolute Gasteiger partial charge is 0.313 e. The molecule has 1 N–H and O–H groups in total. The van der Waals surface area contributed by atoms with Crippen molar-refractivity contribution in [3.05, 3.63) is 0 Å². The highest BCUT2D eigenvalue weighted by Crippen LogP contribution is 2.24. The van der Waals surface area contributed by atoms with Gasteiger partial charge in [-0.25, -0.2) is 0 Å². The minimum Gasteiger partial charge on any atom is -0.313 e. The molecule has 0 aromatic rings. The van der Waals surface area contributed by atoms with E-state index in [2.05, 4.69) is 51.8 Å². The van der Waals surface area contributed by atoms with Crippen LogP contribution in [-0.2, 0) is 0 Å². The van der Waals surface area contributed by atoms with Crippen molar-refractivity contribution in [2.24, 2.45) is 17.8 Å². The van der Waals surface area contributed by atoms with Crippen LogP contribution in [0.4, 0.5) is 0 Å². The lowest BCUT2D eigenvalue weighted by atomic mass is 9.89. The van der Waals surface area contributed by atoms with Crippen molar-refractivity contribution in [1.82, 2.24) is 10.2 Å². The van der Waals surface area contributed by atoms with Crippen LogP contribution in [0.2, 0.25) is 0 Å². The lowest BCUT2D eigenvalue weighted by molar-refractivity contribution is 0.0713. The molecular formula is C15H32N2. The molecule has 0 bridgehead atoms. The summed E-state index contributed by atoms with van der Waals surface area (Å²) in [7, 11) is 0. The van der Waals surface area contributed by atoms with Gasteiger partial charge in [-0.1, -0.05) is 41.5 Å². The smallest absolute Gasteiger partial charge is 0.0243 e. The van der Waals surface area contributed by atoms with Gasteiger partial charge in [-0.2, -0.15) is 0 Å². The summed E-state index contributed by atoms with van der Waals surface area (Å²) in [6.45, 7) is 17.7. The molecule has 1 rings (SSSR count). The molecule has 0 amide bonds. The Kier molecular flexibility index (Phi) is 5.94. The lowest BCUT2D eigenvalue weighted by Gasteiger charge is -2.42. The van der Waals surface area contributed by atoms with Crippen LogP contribution in [0.1, 0.15) is 48.0 Å². The van der Waals surface area contributed by atoms with Gasteiger partial charge < -0.3 is 5.32 Å². The fourth-order valence-electron chi connectivity index (χ4n) is 3.12. The van der Waals surface area contributed by atoms with E-state index in [-0.39, 0.29) is 0 Å². The molecule has 0 aromatic heterocycles. The molecule has 1 aliphatic rings. The number of likely N-dealkylation sites (tertiary alicyclic amines) is 1. The Labute approximate surface area is 108 Å². The molecule has 0 aliphatic carbocycles. The summed E-state index contributed by atoms with van der Waals surface area (Å²) in [5.74, 6) is 2.46. The number of nitrogens with zero attached hydrogens (tertiary/aromatic N) is 1. The number of hydrogen-bond acceptors (Lipinski definition) is 2. The summed E-state index contributed by atoms with van der Waals surface area (Å²) in [6, 6.07) is 1.29. The van der Waals surface area contributed by atoms with Gasteiger partial charge in [0.2, 0.25) is 0 Å². The van der Waals surface area contributed by atoms with Gasteiger partial charge in [0.05, 0.1) is 0 Å². The Morgan fingerprint density at radius 3 is 2.00 bits per heavy atom. The van der Waals surface area contributed by atoms with E-state index in [0.717, 1.165) is 24.3 Å². The molecule has 3 atom stereocenters. The maximum absolute atomic E-state index is 3.61. The van der Waals surface area contributed by atoms with Gasteiger partial charge in [-0.3, -0.25) is 4.90 Å². The topological polar surface area (TPSA) is 15.3 Å². The second-order valence-corrected chi connectivity index (χ2v) is 6.77. The maximum Gasteiger partial charge on any atom is 0.0243 e. The average Bonchev–Trinajstić information content (AvgIpc) is 2.14. The molecule has 2 nitrogen and oxygen atoms in total. The highest BCUT2D eigenvalue weighted by Gasteiger charge is 2.28. The lowest BCUT2D eigenvalue weighted by Crippen LogP contribution is -2.52. The fraction of sp³-hybridized carbons (Fsp3) is 1.00. The van der Waals surface area contributed by atoms with Crippen molar-refractivity contribution < 1.29 is 0 Å². The van der Waals surface area contributed by atoms with E-state index in [1.165, 1.54) is 19.5 Å². The molecule has 1 fully saturated rings. The third kappa shape index (κ3) is 4.97. The number of hydrogen-bond donors (Lipinski definition) is 1. The van der Waals surface area contributed by atoms with E-state index in [4.69, 9.17) is 0 Å². The Hall–Kier alpha value is -0.0800. The van der Waals surface area contributed by atoms with Gasteiger partial charge >= 0.3 is 0 Å². The second-order valence-electron chi connectivity index (χ2n) is 6.77. The first-order chi connectivity index (χ1) is 7.90. The molecule has 0 aromatic carbocycles. The van der Waals surface area contributed by atoms with E-state index in [1.807, 2.05) is 0 Å². The van der Waals surface area contributed by atoms with Crippen LogP contribution >= 0.6 is 0 Å². The summed E-state index contributed by atoms with van der Waals surface area (Å²) in [4.78, 5) is 2.72. The first kappa shape index (κ1) is 15.0. The van der Waals surface area contributed by atoms with Crippen LogP contribution < -0.4 is 5.32 Å². The van der Waals surface area contributed by atoms with Crippen LogP contribution in [0, 0.1) is 17.8 Å². The first-order valence-corrected chi connectivity index (χ1v) is 7.37. The van der Waals surface area contributed by atoms with E-state index in [1.54, 1.807) is 0 Å². The van der Waals surface area contributed by atoms with Crippen LogP contribution in [0.25, 0.3) is 0 Å². The molecule has 102 valence electrons. The Morgan fingerprint density at radius 1 is 1.06 bits per heavy atom. The number of nitrogens with one attached hydrogen (secondary N) is 1. The van der Waals surface area contributed by atoms with Gasteiger partial charge in [0.15, 0.2) is 0 Å². The van der Waals surface area contributed by atoms with Crippen molar-refractivity contribution in [3.8, 4) is 0 Å². The monoisotopic (exact) mass is 240 g/mol. The van der Waals surface area contributed by atoms with E-state index in [0.29, 0.717) is 12.1 Å². The molecule has 1 saturated heterocycles. The predicted molar refractivity (Wildman–Crippen MR) is 76.3 cm³/mol. The molecule has 1 heterocycles. The summed E-state index contributed by atoms with van der Waals surface area (Å²) >= 11 is 0. The van der Waals surface area contributed by atoms with Crippen molar-refractivity contribution in [2.45, 2.75) is 60.0 Å². The summed E-state index contributed by atoms with van der Waals surface area (Å²) in [6.07, 6.45) is 1.40. The molecule has 2 heteroatoms. The molecule has 17 heavy (non-hydrogen) atoms. The quantitative estimate of drug-likeness (QED) is 0.795. The van der Waals surface area contributed by atoms with Gasteiger partial charge in [0, 0.05) is 31.7 Å². The molecule has 0 spiro atoms. The molecule has 1 aliphatic heterocycles. The summed E-state index contributed by atoms with van der Waals surface area (Å²) < 4.78 is 0. The summed E-state index contributed by atoms with van der Waals surface area (Å²) in [5, 5.41) is 3.61. The Morgan fingerprint density at radius 2 is 1.59 bits per heavy atom. The third-order valence-corrected chi connectivity index (χ3v) is 3.87. The number of piperidine rings is 1. The van der Waals surface area contributed by atoms with Crippen LogP contribution in [0.3, 0.4) is 0 Å². The van der Waals surface area contributed by atoms with Crippen molar-refractivity contribution in [1.29, 1.82) is 0 Å². The van der Waals surface area contributed by atoms with Crippen molar-refractivity contribution >= 4 is 0 Å². The van der Waals surface area contributed by atoms with Crippen LogP contribution in [0.15, 0.2) is 0 Å². The highest BCUT2D eigenvalue weighted by molar-refractivity contribution is 4.84. The number of rotatable bonds is 5. The van der Waals surface area contributed by atoms with Gasteiger partial charge in [-0.15, -0.1) is 0 Å². The highest BCUT2D eigenvalue weighted by atomic mass is 15.2.